The van der Waals surface area contributed by atoms with Crippen LogP contribution < -0.4 is 10.2 Å². The molecule has 3 rings (SSSR count). The molecular weight excluding hydrogens is 335 g/mol. The molecular formula is C17H14Cl2N2O2. The van der Waals surface area contributed by atoms with Crippen molar-refractivity contribution in [1.82, 2.24) is 0 Å². The molecule has 1 N–H and O–H groups in total. The lowest BCUT2D eigenvalue weighted by Gasteiger charge is -2.17. The molecule has 2 amide bonds. The molecule has 1 heterocycles. The molecule has 0 saturated heterocycles. The number of amides is 2. The van der Waals surface area contributed by atoms with Crippen LogP contribution in [-0.2, 0) is 16.0 Å². The average Bonchev–Trinajstić information content (AvgIpc) is 2.95. The van der Waals surface area contributed by atoms with Crippen LogP contribution in [0.5, 0.6) is 0 Å². The zero-order valence-corrected chi connectivity index (χ0v) is 13.7. The summed E-state index contributed by atoms with van der Waals surface area (Å²) in [7, 11) is 0. The first-order valence-corrected chi connectivity index (χ1v) is 7.93. The molecule has 6 heteroatoms. The van der Waals surface area contributed by atoms with Crippen molar-refractivity contribution in [2.75, 3.05) is 16.8 Å². The molecule has 2 aromatic carbocycles. The van der Waals surface area contributed by atoms with Crippen molar-refractivity contribution in [2.24, 2.45) is 0 Å². The first kappa shape index (κ1) is 15.8. The number of halogens is 2. The lowest BCUT2D eigenvalue weighted by molar-refractivity contribution is -0.125. The summed E-state index contributed by atoms with van der Waals surface area (Å²) in [5.41, 5.74) is 2.41. The predicted molar refractivity (Wildman–Crippen MR) is 92.2 cm³/mol. The SMILES string of the molecule is O=C(CC(=O)N1CCc2ccccc21)Nc1cc(Cl)ccc1Cl. The number of hydrogen-bond acceptors (Lipinski definition) is 2. The summed E-state index contributed by atoms with van der Waals surface area (Å²) in [6.07, 6.45) is 0.570. The summed E-state index contributed by atoms with van der Waals surface area (Å²) < 4.78 is 0. The molecule has 1 aliphatic rings. The number of anilines is 2. The van der Waals surface area contributed by atoms with Crippen molar-refractivity contribution >= 4 is 46.4 Å². The van der Waals surface area contributed by atoms with Crippen molar-refractivity contribution in [1.29, 1.82) is 0 Å². The first-order chi connectivity index (χ1) is 11.0. The van der Waals surface area contributed by atoms with Crippen molar-refractivity contribution in [2.45, 2.75) is 12.8 Å². The molecule has 0 fully saturated rings. The highest BCUT2D eigenvalue weighted by Gasteiger charge is 2.25. The fraction of sp³-hybridized carbons (Fsp3) is 0.176. The Bertz CT molecular complexity index is 777. The molecule has 0 spiro atoms. The molecule has 1 aliphatic heterocycles. The van der Waals surface area contributed by atoms with Crippen molar-refractivity contribution in [3.63, 3.8) is 0 Å². The van der Waals surface area contributed by atoms with Gasteiger partial charge in [0.1, 0.15) is 6.42 Å². The molecule has 0 bridgehead atoms. The van der Waals surface area contributed by atoms with Crippen molar-refractivity contribution in [3.8, 4) is 0 Å². The summed E-state index contributed by atoms with van der Waals surface area (Å²) >= 11 is 11.9. The van der Waals surface area contributed by atoms with Crippen molar-refractivity contribution in [3.05, 3.63) is 58.1 Å². The van der Waals surface area contributed by atoms with Gasteiger partial charge in [0.2, 0.25) is 11.8 Å². The van der Waals surface area contributed by atoms with Crippen LogP contribution in [0, 0.1) is 0 Å². The Morgan fingerprint density at radius 3 is 2.74 bits per heavy atom. The Hall–Kier alpha value is -2.04. The van der Waals surface area contributed by atoms with Crippen LogP contribution in [0.25, 0.3) is 0 Å². The predicted octanol–water partition coefficient (Wildman–Crippen LogP) is 3.91. The van der Waals surface area contributed by atoms with Crippen LogP contribution in [0.15, 0.2) is 42.5 Å². The molecule has 0 saturated carbocycles. The van der Waals surface area contributed by atoms with E-state index in [0.29, 0.717) is 22.3 Å². The highest BCUT2D eigenvalue weighted by molar-refractivity contribution is 6.35. The third-order valence-electron chi connectivity index (χ3n) is 3.70. The molecule has 118 valence electrons. The summed E-state index contributed by atoms with van der Waals surface area (Å²) in [4.78, 5) is 26.1. The van der Waals surface area contributed by atoms with E-state index >= 15 is 0 Å². The maximum atomic E-state index is 12.4. The molecule has 0 aromatic heterocycles. The lowest BCUT2D eigenvalue weighted by Crippen LogP contribution is -2.32. The Morgan fingerprint density at radius 2 is 1.91 bits per heavy atom. The molecule has 0 unspecified atom stereocenters. The Labute approximate surface area is 144 Å². The summed E-state index contributed by atoms with van der Waals surface area (Å²) in [5.74, 6) is -0.644. The number of hydrogen-bond donors (Lipinski definition) is 1. The monoisotopic (exact) mass is 348 g/mol. The third-order valence-corrected chi connectivity index (χ3v) is 4.27. The third kappa shape index (κ3) is 3.49. The van der Waals surface area contributed by atoms with E-state index in [4.69, 9.17) is 23.2 Å². The van der Waals surface area contributed by atoms with Gasteiger partial charge < -0.3 is 10.2 Å². The van der Waals surface area contributed by atoms with E-state index in [1.54, 1.807) is 23.1 Å². The summed E-state index contributed by atoms with van der Waals surface area (Å²) in [5, 5.41) is 3.47. The zero-order chi connectivity index (χ0) is 16.4. The number of benzene rings is 2. The Balaban J connectivity index is 1.67. The molecule has 0 aliphatic carbocycles. The normalized spacial score (nSPS) is 12.9. The van der Waals surface area contributed by atoms with Crippen LogP contribution in [-0.4, -0.2) is 18.4 Å². The van der Waals surface area contributed by atoms with Gasteiger partial charge >= 0.3 is 0 Å². The fourth-order valence-electron chi connectivity index (χ4n) is 2.62. The second-order valence-electron chi connectivity index (χ2n) is 5.27. The molecule has 0 atom stereocenters. The zero-order valence-electron chi connectivity index (χ0n) is 12.2. The van der Waals surface area contributed by atoms with Crippen LogP contribution in [0.2, 0.25) is 10.0 Å². The van der Waals surface area contributed by atoms with Gasteiger partial charge in [0, 0.05) is 17.3 Å². The first-order valence-electron chi connectivity index (χ1n) is 7.18. The topological polar surface area (TPSA) is 49.4 Å². The quantitative estimate of drug-likeness (QED) is 0.854. The second-order valence-corrected chi connectivity index (χ2v) is 6.12. The molecule has 23 heavy (non-hydrogen) atoms. The van der Waals surface area contributed by atoms with Gasteiger partial charge in [-0.25, -0.2) is 0 Å². The number of carbonyl (C=O) groups excluding carboxylic acids is 2. The smallest absolute Gasteiger partial charge is 0.236 e. The van der Waals surface area contributed by atoms with E-state index in [-0.39, 0.29) is 12.3 Å². The van der Waals surface area contributed by atoms with Gasteiger partial charge in [-0.3, -0.25) is 9.59 Å². The van der Waals surface area contributed by atoms with Gasteiger partial charge in [-0.2, -0.15) is 0 Å². The highest BCUT2D eigenvalue weighted by atomic mass is 35.5. The molecule has 4 nitrogen and oxygen atoms in total. The van der Waals surface area contributed by atoms with Crippen LogP contribution >= 0.6 is 23.2 Å². The van der Waals surface area contributed by atoms with Gasteiger partial charge in [-0.05, 0) is 36.2 Å². The number of nitrogens with zero attached hydrogens (tertiary/aromatic N) is 1. The van der Waals surface area contributed by atoms with Crippen LogP contribution in [0.4, 0.5) is 11.4 Å². The number of nitrogens with one attached hydrogen (secondary N) is 1. The van der Waals surface area contributed by atoms with Crippen molar-refractivity contribution < 1.29 is 9.59 Å². The van der Waals surface area contributed by atoms with E-state index in [2.05, 4.69) is 5.32 Å². The standard InChI is InChI=1S/C17H14Cl2N2O2/c18-12-5-6-13(19)14(9-12)20-16(22)10-17(23)21-8-7-11-3-1-2-4-15(11)21/h1-6,9H,7-8,10H2,(H,20,22). The number of para-hydroxylation sites is 1. The van der Waals surface area contributed by atoms with Gasteiger partial charge in [-0.1, -0.05) is 41.4 Å². The number of carbonyl (C=O) groups is 2. The highest BCUT2D eigenvalue weighted by Crippen LogP contribution is 2.28. The largest absolute Gasteiger partial charge is 0.324 e. The number of rotatable bonds is 3. The maximum absolute atomic E-state index is 12.4. The van der Waals surface area contributed by atoms with E-state index in [0.717, 1.165) is 17.7 Å². The Kier molecular flexibility index (Phi) is 4.55. The van der Waals surface area contributed by atoms with Gasteiger partial charge in [-0.15, -0.1) is 0 Å². The summed E-state index contributed by atoms with van der Waals surface area (Å²) in [6, 6.07) is 12.5. The van der Waals surface area contributed by atoms with Gasteiger partial charge in [0.05, 0.1) is 10.7 Å². The van der Waals surface area contributed by atoms with Gasteiger partial charge in [0.25, 0.3) is 0 Å². The molecule has 0 radical (unpaired) electrons. The fourth-order valence-corrected chi connectivity index (χ4v) is 2.95. The minimum Gasteiger partial charge on any atom is -0.324 e. The van der Waals surface area contributed by atoms with Crippen LogP contribution in [0.1, 0.15) is 12.0 Å². The minimum absolute atomic E-state index is 0.231. The maximum Gasteiger partial charge on any atom is 0.236 e. The minimum atomic E-state index is -0.413. The van der Waals surface area contributed by atoms with E-state index in [1.165, 1.54) is 0 Å². The van der Waals surface area contributed by atoms with E-state index < -0.39 is 5.91 Å². The van der Waals surface area contributed by atoms with Crippen LogP contribution in [0.3, 0.4) is 0 Å². The Morgan fingerprint density at radius 1 is 1.13 bits per heavy atom. The second kappa shape index (κ2) is 6.60. The van der Waals surface area contributed by atoms with E-state index in [1.807, 2.05) is 24.3 Å². The molecule has 2 aromatic rings. The summed E-state index contributed by atoms with van der Waals surface area (Å²) in [6.45, 7) is 0.601. The average molecular weight is 349 g/mol. The van der Waals surface area contributed by atoms with E-state index in [9.17, 15) is 9.59 Å². The number of fused-ring (bicyclic) bond motifs is 1. The van der Waals surface area contributed by atoms with Gasteiger partial charge in [0.15, 0.2) is 0 Å². The lowest BCUT2D eigenvalue weighted by atomic mass is 10.2.